The van der Waals surface area contributed by atoms with E-state index in [9.17, 15) is 14.6 Å². The summed E-state index contributed by atoms with van der Waals surface area (Å²) < 4.78 is 14.5. The Balaban J connectivity index is 1.60. The zero-order valence-corrected chi connectivity index (χ0v) is 14.9. The van der Waals surface area contributed by atoms with Crippen molar-refractivity contribution in [3.63, 3.8) is 0 Å². The van der Waals surface area contributed by atoms with Gasteiger partial charge in [-0.05, 0) is 30.3 Å². The van der Waals surface area contributed by atoms with Crippen molar-refractivity contribution < 1.29 is 14.6 Å². The molecule has 2 aromatic carbocycles. The molecule has 8 heteroatoms. The zero-order valence-electron chi connectivity index (χ0n) is 13.3. The molecule has 4 aromatic rings. The number of H-pyrrole nitrogens is 1. The number of thioether (sulfide) groups is 1. The van der Waals surface area contributed by atoms with Crippen LogP contribution in [0.3, 0.4) is 0 Å². The van der Waals surface area contributed by atoms with Gasteiger partial charge in [0, 0.05) is 6.07 Å². The molecule has 4 rings (SSSR count). The third-order valence-electron chi connectivity index (χ3n) is 3.89. The second-order valence-corrected chi connectivity index (χ2v) is 7.04. The van der Waals surface area contributed by atoms with Gasteiger partial charge in [-0.15, -0.1) is 11.8 Å². The molecule has 0 amide bonds. The Morgan fingerprint density at radius 2 is 1.96 bits per heavy atom. The monoisotopic (exact) mass is 389 g/mol. The Kier molecular flexibility index (Phi) is 4.26. The number of benzene rings is 2. The lowest BCUT2D eigenvalue weighted by molar-refractivity contribution is 0.398. The second-order valence-electron chi connectivity index (χ2n) is 5.61. The number of fused-ring (bicyclic) bond motifs is 1. The predicted molar refractivity (Wildman–Crippen MR) is 99.7 cm³/mol. The van der Waals surface area contributed by atoms with E-state index >= 15 is 0 Å². The van der Waals surface area contributed by atoms with Crippen LogP contribution in [0.2, 0.25) is 5.02 Å². The summed E-state index contributed by atoms with van der Waals surface area (Å²) in [7, 11) is 0. The van der Waals surface area contributed by atoms with Crippen LogP contribution in [0.25, 0.3) is 16.7 Å². The van der Waals surface area contributed by atoms with E-state index in [-0.39, 0.29) is 16.8 Å². The summed E-state index contributed by atoms with van der Waals surface area (Å²) in [5, 5.41) is 20.5. The van der Waals surface area contributed by atoms with Crippen molar-refractivity contribution in [3.05, 3.63) is 65.2 Å². The van der Waals surface area contributed by atoms with Gasteiger partial charge < -0.3 is 15.2 Å². The number of halogens is 2. The van der Waals surface area contributed by atoms with Crippen LogP contribution in [0.4, 0.5) is 4.39 Å². The van der Waals surface area contributed by atoms with Gasteiger partial charge in [0.05, 0.1) is 32.4 Å². The predicted octanol–water partition coefficient (Wildman–Crippen LogP) is 4.85. The lowest BCUT2D eigenvalue weighted by atomic mass is 10.3. The quantitative estimate of drug-likeness (QED) is 0.436. The SMILES string of the molecule is Oc1cc(SCc2nc3ccccc3[nH]2)c(O)n1-c1ccc(F)c(Cl)c1. The molecule has 0 aliphatic carbocycles. The number of imidazole rings is 1. The van der Waals surface area contributed by atoms with E-state index in [1.54, 1.807) is 0 Å². The third kappa shape index (κ3) is 3.00. The molecule has 2 heterocycles. The van der Waals surface area contributed by atoms with E-state index in [0.29, 0.717) is 16.3 Å². The molecule has 0 bridgehead atoms. The maximum Gasteiger partial charge on any atom is 0.212 e. The first kappa shape index (κ1) is 16.8. The van der Waals surface area contributed by atoms with Crippen molar-refractivity contribution in [3.8, 4) is 17.4 Å². The Hall–Kier alpha value is -2.64. The van der Waals surface area contributed by atoms with E-state index in [1.807, 2.05) is 24.3 Å². The Morgan fingerprint density at radius 3 is 2.73 bits per heavy atom. The Labute approximate surface area is 157 Å². The molecule has 0 saturated heterocycles. The van der Waals surface area contributed by atoms with Gasteiger partial charge in [-0.2, -0.15) is 0 Å². The first-order valence-electron chi connectivity index (χ1n) is 7.68. The summed E-state index contributed by atoms with van der Waals surface area (Å²) in [6.45, 7) is 0. The minimum atomic E-state index is -0.568. The molecule has 3 N–H and O–H groups in total. The average molecular weight is 390 g/mol. The first-order valence-corrected chi connectivity index (χ1v) is 9.05. The molecule has 0 saturated carbocycles. The molecule has 0 fully saturated rings. The topological polar surface area (TPSA) is 74.1 Å². The number of aromatic nitrogens is 3. The number of aromatic amines is 1. The minimum absolute atomic E-state index is 0.0912. The van der Waals surface area contributed by atoms with Crippen LogP contribution in [0.5, 0.6) is 11.8 Å². The first-order chi connectivity index (χ1) is 12.5. The normalized spacial score (nSPS) is 11.3. The standard InChI is InChI=1S/C18H13ClFN3O2S/c19-11-7-10(5-6-12(11)20)23-17(24)8-15(18(23)25)26-9-16-21-13-3-1-2-4-14(13)22-16/h1-8,24-25H,9H2,(H,21,22). The number of nitrogens with one attached hydrogen (secondary N) is 1. The highest BCUT2D eigenvalue weighted by Crippen LogP contribution is 2.39. The lowest BCUT2D eigenvalue weighted by Gasteiger charge is -2.08. The molecule has 0 unspecified atom stereocenters. The number of hydrogen-bond donors (Lipinski definition) is 3. The largest absolute Gasteiger partial charge is 0.494 e. The second kappa shape index (κ2) is 6.59. The molecule has 0 aliphatic rings. The molecule has 26 heavy (non-hydrogen) atoms. The van der Waals surface area contributed by atoms with Gasteiger partial charge in [-0.25, -0.2) is 9.37 Å². The van der Waals surface area contributed by atoms with Gasteiger partial charge in [0.15, 0.2) is 5.88 Å². The molecule has 2 aromatic heterocycles. The lowest BCUT2D eigenvalue weighted by Crippen LogP contribution is -1.93. The average Bonchev–Trinajstić information content (AvgIpc) is 3.16. The van der Waals surface area contributed by atoms with Gasteiger partial charge in [0.2, 0.25) is 5.88 Å². The fourth-order valence-electron chi connectivity index (χ4n) is 2.67. The number of hydrogen-bond acceptors (Lipinski definition) is 4. The summed E-state index contributed by atoms with van der Waals surface area (Å²) >= 11 is 7.11. The van der Waals surface area contributed by atoms with Gasteiger partial charge in [-0.3, -0.25) is 4.57 Å². The van der Waals surface area contributed by atoms with Crippen LogP contribution >= 0.6 is 23.4 Å². The van der Waals surface area contributed by atoms with E-state index < -0.39 is 5.82 Å². The van der Waals surface area contributed by atoms with Crippen molar-refractivity contribution in [1.29, 1.82) is 0 Å². The molecule has 0 aliphatic heterocycles. The van der Waals surface area contributed by atoms with E-state index in [1.165, 1.54) is 40.6 Å². The molecular formula is C18H13ClFN3O2S. The fourth-order valence-corrected chi connectivity index (χ4v) is 3.68. The van der Waals surface area contributed by atoms with Crippen molar-refractivity contribution in [2.45, 2.75) is 10.6 Å². The Morgan fingerprint density at radius 1 is 1.15 bits per heavy atom. The van der Waals surface area contributed by atoms with Crippen molar-refractivity contribution in [2.75, 3.05) is 0 Å². The van der Waals surface area contributed by atoms with Crippen molar-refractivity contribution in [2.24, 2.45) is 0 Å². The number of aromatic hydroxyl groups is 2. The van der Waals surface area contributed by atoms with Gasteiger partial charge in [0.25, 0.3) is 0 Å². The summed E-state index contributed by atoms with van der Waals surface area (Å²) in [6.07, 6.45) is 0. The van der Waals surface area contributed by atoms with Crippen LogP contribution in [0, 0.1) is 5.82 Å². The van der Waals surface area contributed by atoms with Crippen LogP contribution in [0.15, 0.2) is 53.4 Å². The van der Waals surface area contributed by atoms with Gasteiger partial charge >= 0.3 is 0 Å². The highest BCUT2D eigenvalue weighted by atomic mass is 35.5. The maximum absolute atomic E-state index is 13.3. The summed E-state index contributed by atoms with van der Waals surface area (Å²) in [5.41, 5.74) is 2.17. The molecule has 0 spiro atoms. The number of rotatable bonds is 4. The molecule has 132 valence electrons. The highest BCUT2D eigenvalue weighted by molar-refractivity contribution is 7.98. The van der Waals surface area contributed by atoms with Gasteiger partial charge in [-0.1, -0.05) is 23.7 Å². The maximum atomic E-state index is 13.3. The minimum Gasteiger partial charge on any atom is -0.494 e. The van der Waals surface area contributed by atoms with Crippen molar-refractivity contribution in [1.82, 2.24) is 14.5 Å². The third-order valence-corrected chi connectivity index (χ3v) is 5.20. The highest BCUT2D eigenvalue weighted by Gasteiger charge is 2.17. The fraction of sp³-hybridized carbons (Fsp3) is 0.0556. The van der Waals surface area contributed by atoms with E-state index in [2.05, 4.69) is 9.97 Å². The summed E-state index contributed by atoms with van der Waals surface area (Å²) in [5.74, 6) is 0.354. The van der Waals surface area contributed by atoms with E-state index in [4.69, 9.17) is 11.6 Å². The zero-order chi connectivity index (χ0) is 18.3. The van der Waals surface area contributed by atoms with Crippen LogP contribution in [0.1, 0.15) is 5.82 Å². The molecule has 0 radical (unpaired) electrons. The smallest absolute Gasteiger partial charge is 0.212 e. The van der Waals surface area contributed by atoms with Crippen LogP contribution in [-0.2, 0) is 5.75 Å². The Bertz CT molecular complexity index is 1080. The van der Waals surface area contributed by atoms with Gasteiger partial charge in [0.1, 0.15) is 11.6 Å². The number of nitrogens with zero attached hydrogens (tertiary/aromatic N) is 2. The summed E-state index contributed by atoms with van der Waals surface area (Å²) in [4.78, 5) is 8.17. The van der Waals surface area contributed by atoms with Crippen LogP contribution in [-0.4, -0.2) is 24.7 Å². The summed E-state index contributed by atoms with van der Waals surface area (Å²) in [6, 6.07) is 13.1. The van der Waals surface area contributed by atoms with E-state index in [0.717, 1.165) is 16.9 Å². The number of para-hydroxylation sites is 2. The van der Waals surface area contributed by atoms with Crippen molar-refractivity contribution >= 4 is 34.4 Å². The van der Waals surface area contributed by atoms with Crippen LogP contribution < -0.4 is 0 Å². The molecular weight excluding hydrogens is 377 g/mol. The molecule has 0 atom stereocenters. The molecule has 5 nitrogen and oxygen atoms in total.